The van der Waals surface area contributed by atoms with Crippen LogP contribution in [-0.2, 0) is 11.3 Å². The van der Waals surface area contributed by atoms with Gasteiger partial charge in [-0.1, -0.05) is 48.0 Å². The summed E-state index contributed by atoms with van der Waals surface area (Å²) in [6, 6.07) is 14.4. The zero-order valence-electron chi connectivity index (χ0n) is 15.9. The lowest BCUT2D eigenvalue weighted by molar-refractivity contribution is -0.122. The van der Waals surface area contributed by atoms with E-state index in [2.05, 4.69) is 58.5 Å². The quantitative estimate of drug-likeness (QED) is 0.792. The number of carbonyl (C=O) groups excluding carboxylic acids is 1. The van der Waals surface area contributed by atoms with Gasteiger partial charge in [-0.05, 0) is 31.4 Å². The number of nitrogens with one attached hydrogen (secondary N) is 1. The number of amides is 1. The van der Waals surface area contributed by atoms with Gasteiger partial charge in [0.2, 0.25) is 5.91 Å². The molecule has 0 unspecified atom stereocenters. The van der Waals surface area contributed by atoms with Crippen LogP contribution in [-0.4, -0.2) is 30.5 Å². The highest BCUT2D eigenvalue weighted by Gasteiger charge is 2.24. The van der Waals surface area contributed by atoms with E-state index in [1.54, 1.807) is 0 Å². The van der Waals surface area contributed by atoms with Crippen LogP contribution in [0, 0.1) is 5.92 Å². The molecule has 1 aliphatic rings. The molecule has 142 valence electrons. The molecule has 0 spiro atoms. The van der Waals surface area contributed by atoms with E-state index in [-0.39, 0.29) is 11.8 Å². The van der Waals surface area contributed by atoms with Crippen LogP contribution in [0.2, 0.25) is 0 Å². The Labute approximate surface area is 161 Å². The molecule has 27 heavy (non-hydrogen) atoms. The van der Waals surface area contributed by atoms with Crippen molar-refractivity contribution in [2.45, 2.75) is 26.3 Å². The van der Waals surface area contributed by atoms with Gasteiger partial charge in [0.05, 0.1) is 0 Å². The van der Waals surface area contributed by atoms with Crippen LogP contribution >= 0.6 is 0 Å². The second-order valence-electron chi connectivity index (χ2n) is 7.15. The number of primary amides is 1. The number of hydrogen-bond donors (Lipinski definition) is 2. The molecule has 5 nitrogen and oxygen atoms in total. The number of hydrogen-bond acceptors (Lipinski definition) is 4. The summed E-state index contributed by atoms with van der Waals surface area (Å²) in [6.45, 7) is 5.37. The molecule has 3 N–H and O–H groups in total. The number of benzene rings is 1. The summed E-state index contributed by atoms with van der Waals surface area (Å²) in [7, 11) is 0. The Morgan fingerprint density at radius 1 is 1.22 bits per heavy atom. The zero-order chi connectivity index (χ0) is 19.1. The van der Waals surface area contributed by atoms with Crippen molar-refractivity contribution in [3.05, 3.63) is 65.4 Å². The van der Waals surface area contributed by atoms with Gasteiger partial charge in [0.15, 0.2) is 0 Å². The normalized spacial score (nSPS) is 15.7. The first kappa shape index (κ1) is 19.1. The summed E-state index contributed by atoms with van der Waals surface area (Å²) in [5, 5.41) is 3.52. The number of carbonyl (C=O) groups is 1. The molecular formula is C22H28N4O. The lowest BCUT2D eigenvalue weighted by Gasteiger charge is -2.32. The van der Waals surface area contributed by atoms with Crippen molar-refractivity contribution in [3.8, 4) is 0 Å². The molecule has 5 heteroatoms. The summed E-state index contributed by atoms with van der Waals surface area (Å²) in [5.74, 6) is 0.827. The molecule has 3 rings (SSSR count). The summed E-state index contributed by atoms with van der Waals surface area (Å²) in [6.07, 6.45) is 5.64. The van der Waals surface area contributed by atoms with E-state index >= 15 is 0 Å². The number of piperidine rings is 1. The van der Waals surface area contributed by atoms with E-state index in [1.807, 2.05) is 18.3 Å². The Kier molecular flexibility index (Phi) is 6.60. The molecule has 1 aromatic heterocycles. The molecule has 2 aromatic rings. The number of nitrogens with zero attached hydrogens (tertiary/aromatic N) is 2. The molecule has 1 saturated heterocycles. The predicted molar refractivity (Wildman–Crippen MR) is 110 cm³/mol. The van der Waals surface area contributed by atoms with Gasteiger partial charge in [0.1, 0.15) is 5.82 Å². The maximum atomic E-state index is 11.4. The standard InChI is InChI=1S/C22H28N4O/c1-17(14-18-6-3-2-4-7-18)15-24-16-20-8-5-11-25-22(20)26-12-9-19(10-13-26)21(23)27/h2-8,11,14,19,24H,9-10,12-13,15-16H2,1H3,(H2,23,27)/b17-14-. The average molecular weight is 364 g/mol. The topological polar surface area (TPSA) is 71.2 Å². The molecule has 0 bridgehead atoms. The predicted octanol–water partition coefficient (Wildman–Crippen LogP) is 2.98. The fourth-order valence-corrected chi connectivity index (χ4v) is 3.51. The molecule has 0 radical (unpaired) electrons. The van der Waals surface area contributed by atoms with E-state index in [9.17, 15) is 4.79 Å². The van der Waals surface area contributed by atoms with Gasteiger partial charge in [-0.25, -0.2) is 4.98 Å². The average Bonchev–Trinajstić information content (AvgIpc) is 2.69. The highest BCUT2D eigenvalue weighted by atomic mass is 16.1. The third-order valence-corrected chi connectivity index (χ3v) is 5.00. The first-order valence-corrected chi connectivity index (χ1v) is 9.54. The Balaban J connectivity index is 1.57. The SMILES string of the molecule is C/C(=C/c1ccccc1)CNCc1cccnc1N1CCC(C(N)=O)CC1. The molecule has 2 heterocycles. The highest BCUT2D eigenvalue weighted by Crippen LogP contribution is 2.24. The molecule has 0 aliphatic carbocycles. The third-order valence-electron chi connectivity index (χ3n) is 5.00. The maximum absolute atomic E-state index is 11.4. The minimum Gasteiger partial charge on any atom is -0.369 e. The molecule has 0 atom stereocenters. The number of aromatic nitrogens is 1. The number of rotatable bonds is 7. The van der Waals surface area contributed by atoms with Crippen molar-refractivity contribution in [1.29, 1.82) is 0 Å². The van der Waals surface area contributed by atoms with E-state index < -0.39 is 0 Å². The van der Waals surface area contributed by atoms with E-state index in [0.29, 0.717) is 0 Å². The fraction of sp³-hybridized carbons (Fsp3) is 0.364. The van der Waals surface area contributed by atoms with Gasteiger partial charge in [-0.15, -0.1) is 0 Å². The van der Waals surface area contributed by atoms with Crippen molar-refractivity contribution in [1.82, 2.24) is 10.3 Å². The van der Waals surface area contributed by atoms with Gasteiger partial charge in [0, 0.05) is 43.9 Å². The summed E-state index contributed by atoms with van der Waals surface area (Å²) >= 11 is 0. The van der Waals surface area contributed by atoms with Crippen molar-refractivity contribution in [2.75, 3.05) is 24.5 Å². The van der Waals surface area contributed by atoms with Crippen molar-refractivity contribution >= 4 is 17.8 Å². The van der Waals surface area contributed by atoms with Crippen molar-refractivity contribution in [3.63, 3.8) is 0 Å². The number of pyridine rings is 1. The van der Waals surface area contributed by atoms with Crippen LogP contribution in [0.25, 0.3) is 6.08 Å². The Morgan fingerprint density at radius 3 is 2.67 bits per heavy atom. The van der Waals surface area contributed by atoms with Crippen LogP contribution in [0.1, 0.15) is 30.9 Å². The van der Waals surface area contributed by atoms with Gasteiger partial charge < -0.3 is 16.0 Å². The van der Waals surface area contributed by atoms with Gasteiger partial charge in [-0.2, -0.15) is 0 Å². The van der Waals surface area contributed by atoms with Crippen LogP contribution in [0.4, 0.5) is 5.82 Å². The minimum absolute atomic E-state index is 0.00249. The van der Waals surface area contributed by atoms with E-state index in [0.717, 1.165) is 44.8 Å². The zero-order valence-corrected chi connectivity index (χ0v) is 15.9. The van der Waals surface area contributed by atoms with Gasteiger partial charge in [0.25, 0.3) is 0 Å². The van der Waals surface area contributed by atoms with Crippen LogP contribution < -0.4 is 16.0 Å². The van der Waals surface area contributed by atoms with Gasteiger partial charge >= 0.3 is 0 Å². The summed E-state index contributed by atoms with van der Waals surface area (Å²) < 4.78 is 0. The Morgan fingerprint density at radius 2 is 1.96 bits per heavy atom. The lowest BCUT2D eigenvalue weighted by Crippen LogP contribution is -2.39. The fourth-order valence-electron chi connectivity index (χ4n) is 3.51. The Bertz CT molecular complexity index is 780. The molecule has 0 saturated carbocycles. The molecule has 1 aliphatic heterocycles. The smallest absolute Gasteiger partial charge is 0.220 e. The monoisotopic (exact) mass is 364 g/mol. The molecule has 1 fully saturated rings. The molecule has 1 amide bonds. The number of anilines is 1. The summed E-state index contributed by atoms with van der Waals surface area (Å²) in [4.78, 5) is 18.2. The molecule has 1 aromatic carbocycles. The van der Waals surface area contributed by atoms with Crippen molar-refractivity contribution < 1.29 is 4.79 Å². The van der Waals surface area contributed by atoms with Crippen LogP contribution in [0.15, 0.2) is 54.2 Å². The first-order chi connectivity index (χ1) is 13.1. The maximum Gasteiger partial charge on any atom is 0.220 e. The molecular weight excluding hydrogens is 336 g/mol. The van der Waals surface area contributed by atoms with Crippen LogP contribution in [0.3, 0.4) is 0 Å². The van der Waals surface area contributed by atoms with Crippen LogP contribution in [0.5, 0.6) is 0 Å². The Hall–Kier alpha value is -2.66. The number of nitrogens with two attached hydrogens (primary N) is 1. The summed E-state index contributed by atoms with van der Waals surface area (Å²) in [5.41, 5.74) is 9.13. The lowest BCUT2D eigenvalue weighted by atomic mass is 9.96. The largest absolute Gasteiger partial charge is 0.369 e. The van der Waals surface area contributed by atoms with Gasteiger partial charge in [-0.3, -0.25) is 4.79 Å². The third kappa shape index (κ3) is 5.41. The van der Waals surface area contributed by atoms with E-state index in [4.69, 9.17) is 5.73 Å². The second kappa shape index (κ2) is 9.33. The highest BCUT2D eigenvalue weighted by molar-refractivity contribution is 5.77. The second-order valence-corrected chi connectivity index (χ2v) is 7.15. The van der Waals surface area contributed by atoms with Crippen molar-refractivity contribution in [2.24, 2.45) is 11.7 Å². The first-order valence-electron chi connectivity index (χ1n) is 9.54. The minimum atomic E-state index is -0.182. The van der Waals surface area contributed by atoms with E-state index in [1.165, 1.54) is 16.7 Å².